The number of amides is 1. The van der Waals surface area contributed by atoms with Crippen molar-refractivity contribution < 1.29 is 4.79 Å². The summed E-state index contributed by atoms with van der Waals surface area (Å²) >= 11 is 0. The summed E-state index contributed by atoms with van der Waals surface area (Å²) in [7, 11) is 0. The van der Waals surface area contributed by atoms with Crippen LogP contribution in [-0.4, -0.2) is 36.0 Å². The molecule has 1 amide bonds. The van der Waals surface area contributed by atoms with Crippen LogP contribution < -0.4 is 5.32 Å². The van der Waals surface area contributed by atoms with Crippen molar-refractivity contribution in [1.29, 1.82) is 0 Å². The van der Waals surface area contributed by atoms with Gasteiger partial charge >= 0.3 is 0 Å². The number of rotatable bonds is 6. The maximum atomic E-state index is 11.9. The first kappa shape index (κ1) is 12.5. The number of carbonyl (C=O) groups is 1. The predicted octanol–water partition coefficient (Wildman–Crippen LogP) is 1.63. The molecule has 15 heavy (non-hydrogen) atoms. The third-order valence-corrected chi connectivity index (χ3v) is 2.76. The van der Waals surface area contributed by atoms with Crippen molar-refractivity contribution in [1.82, 2.24) is 10.2 Å². The smallest absolute Gasteiger partial charge is 0.236 e. The Kier molecular flexibility index (Phi) is 4.58. The molecule has 0 aromatic carbocycles. The largest absolute Gasteiger partial charge is 0.339 e. The molecule has 1 fully saturated rings. The van der Waals surface area contributed by atoms with Gasteiger partial charge in [0.25, 0.3) is 0 Å². The maximum absolute atomic E-state index is 11.9. The van der Waals surface area contributed by atoms with Gasteiger partial charge in [-0.1, -0.05) is 13.8 Å². The van der Waals surface area contributed by atoms with E-state index in [0.717, 1.165) is 12.5 Å². The predicted molar refractivity (Wildman–Crippen MR) is 62.7 cm³/mol. The average molecular weight is 212 g/mol. The number of nitrogens with zero attached hydrogens (tertiary/aromatic N) is 1. The third-order valence-electron chi connectivity index (χ3n) is 2.76. The minimum Gasteiger partial charge on any atom is -0.339 e. The van der Waals surface area contributed by atoms with Crippen LogP contribution in [0.1, 0.15) is 40.5 Å². The van der Waals surface area contributed by atoms with Gasteiger partial charge in [-0.2, -0.15) is 0 Å². The molecule has 0 aromatic heterocycles. The van der Waals surface area contributed by atoms with Gasteiger partial charge in [-0.25, -0.2) is 0 Å². The standard InChI is InChI=1S/C12H24N2O/c1-9(2)13-7-12(15)14(10(3)4)8-11-5-6-11/h9-11,13H,5-8H2,1-4H3. The molecule has 0 unspecified atom stereocenters. The van der Waals surface area contributed by atoms with Crippen LogP contribution in [0.2, 0.25) is 0 Å². The van der Waals surface area contributed by atoms with Gasteiger partial charge in [-0.05, 0) is 32.6 Å². The molecule has 0 spiro atoms. The molecule has 1 aliphatic rings. The molecule has 1 saturated carbocycles. The molecule has 3 nitrogen and oxygen atoms in total. The molecule has 0 heterocycles. The molecule has 0 bridgehead atoms. The van der Waals surface area contributed by atoms with Crippen LogP contribution in [0.25, 0.3) is 0 Å². The van der Waals surface area contributed by atoms with Crippen LogP contribution in [0.15, 0.2) is 0 Å². The normalized spacial score (nSPS) is 16.1. The van der Waals surface area contributed by atoms with E-state index in [4.69, 9.17) is 0 Å². The summed E-state index contributed by atoms with van der Waals surface area (Å²) in [5.41, 5.74) is 0. The zero-order chi connectivity index (χ0) is 11.4. The lowest BCUT2D eigenvalue weighted by Crippen LogP contribution is -2.44. The van der Waals surface area contributed by atoms with Gasteiger partial charge in [0.2, 0.25) is 5.91 Å². The van der Waals surface area contributed by atoms with Crippen LogP contribution >= 0.6 is 0 Å². The van der Waals surface area contributed by atoms with Crippen molar-refractivity contribution >= 4 is 5.91 Å². The fourth-order valence-corrected chi connectivity index (χ4v) is 1.57. The van der Waals surface area contributed by atoms with E-state index in [9.17, 15) is 4.79 Å². The highest BCUT2D eigenvalue weighted by Crippen LogP contribution is 2.30. The Labute approximate surface area is 93.2 Å². The topological polar surface area (TPSA) is 32.3 Å². The number of hydrogen-bond donors (Lipinski definition) is 1. The van der Waals surface area contributed by atoms with E-state index < -0.39 is 0 Å². The summed E-state index contributed by atoms with van der Waals surface area (Å²) in [5, 5.41) is 3.18. The fourth-order valence-electron chi connectivity index (χ4n) is 1.57. The van der Waals surface area contributed by atoms with Crippen molar-refractivity contribution in [2.75, 3.05) is 13.1 Å². The van der Waals surface area contributed by atoms with Crippen molar-refractivity contribution in [3.8, 4) is 0 Å². The van der Waals surface area contributed by atoms with Gasteiger partial charge in [0.1, 0.15) is 0 Å². The molecule has 1 N–H and O–H groups in total. The summed E-state index contributed by atoms with van der Waals surface area (Å²) in [5.74, 6) is 1.01. The molecule has 3 heteroatoms. The Morgan fingerprint density at radius 3 is 2.33 bits per heavy atom. The van der Waals surface area contributed by atoms with Gasteiger partial charge in [0.15, 0.2) is 0 Å². The first-order valence-electron chi connectivity index (χ1n) is 6.03. The van der Waals surface area contributed by atoms with Gasteiger partial charge in [-0.3, -0.25) is 4.79 Å². The Morgan fingerprint density at radius 2 is 1.93 bits per heavy atom. The third kappa shape index (κ3) is 4.65. The van der Waals surface area contributed by atoms with Crippen LogP contribution in [0.5, 0.6) is 0 Å². The highest BCUT2D eigenvalue weighted by molar-refractivity contribution is 5.78. The van der Waals surface area contributed by atoms with E-state index in [1.54, 1.807) is 0 Å². The highest BCUT2D eigenvalue weighted by Gasteiger charge is 2.27. The zero-order valence-electron chi connectivity index (χ0n) is 10.4. The fraction of sp³-hybridized carbons (Fsp3) is 0.917. The monoisotopic (exact) mass is 212 g/mol. The summed E-state index contributed by atoms with van der Waals surface area (Å²) in [6.45, 7) is 9.74. The number of carbonyl (C=O) groups excluding carboxylic acids is 1. The zero-order valence-corrected chi connectivity index (χ0v) is 10.4. The molecule has 1 rings (SSSR count). The molecule has 0 saturated heterocycles. The summed E-state index contributed by atoms with van der Waals surface area (Å²) in [6.07, 6.45) is 2.60. The van der Waals surface area contributed by atoms with Crippen LogP contribution in [0.3, 0.4) is 0 Å². The van der Waals surface area contributed by atoms with Gasteiger partial charge in [0, 0.05) is 18.6 Å². The van der Waals surface area contributed by atoms with Crippen LogP contribution in [-0.2, 0) is 4.79 Å². The molecule has 88 valence electrons. The average Bonchev–Trinajstić information content (AvgIpc) is 2.93. The van der Waals surface area contributed by atoms with Gasteiger partial charge < -0.3 is 10.2 Å². The van der Waals surface area contributed by atoms with Gasteiger partial charge in [-0.15, -0.1) is 0 Å². The molecule has 0 radical (unpaired) electrons. The molecule has 0 atom stereocenters. The molecule has 0 aliphatic heterocycles. The first-order chi connectivity index (χ1) is 7.00. The van der Waals surface area contributed by atoms with Gasteiger partial charge in [0.05, 0.1) is 6.54 Å². The lowest BCUT2D eigenvalue weighted by atomic mass is 10.2. The second kappa shape index (κ2) is 5.50. The molecule has 1 aliphatic carbocycles. The van der Waals surface area contributed by atoms with Crippen molar-refractivity contribution in [3.05, 3.63) is 0 Å². The molecule has 0 aromatic rings. The first-order valence-corrected chi connectivity index (χ1v) is 6.03. The van der Waals surface area contributed by atoms with E-state index in [1.165, 1.54) is 12.8 Å². The Bertz CT molecular complexity index is 210. The lowest BCUT2D eigenvalue weighted by molar-refractivity contribution is -0.132. The Morgan fingerprint density at radius 1 is 1.33 bits per heavy atom. The van der Waals surface area contributed by atoms with Crippen molar-refractivity contribution in [2.24, 2.45) is 5.92 Å². The van der Waals surface area contributed by atoms with E-state index in [-0.39, 0.29) is 5.91 Å². The van der Waals surface area contributed by atoms with Crippen LogP contribution in [0.4, 0.5) is 0 Å². The van der Waals surface area contributed by atoms with E-state index >= 15 is 0 Å². The van der Waals surface area contributed by atoms with Crippen molar-refractivity contribution in [2.45, 2.75) is 52.6 Å². The quantitative estimate of drug-likeness (QED) is 0.726. The minimum atomic E-state index is 0.241. The summed E-state index contributed by atoms with van der Waals surface area (Å²) in [4.78, 5) is 13.9. The second-order valence-electron chi connectivity index (χ2n) is 5.12. The van der Waals surface area contributed by atoms with E-state index in [2.05, 4.69) is 33.0 Å². The van der Waals surface area contributed by atoms with E-state index in [0.29, 0.717) is 18.6 Å². The van der Waals surface area contributed by atoms with E-state index in [1.807, 2.05) is 4.90 Å². The second-order valence-corrected chi connectivity index (χ2v) is 5.12. The number of hydrogen-bond acceptors (Lipinski definition) is 2. The highest BCUT2D eigenvalue weighted by atomic mass is 16.2. The molecular weight excluding hydrogens is 188 g/mol. The lowest BCUT2D eigenvalue weighted by Gasteiger charge is -2.27. The summed E-state index contributed by atoms with van der Waals surface area (Å²) < 4.78 is 0. The maximum Gasteiger partial charge on any atom is 0.236 e. The molecular formula is C12H24N2O. The summed E-state index contributed by atoms with van der Waals surface area (Å²) in [6, 6.07) is 0.705. The Hall–Kier alpha value is -0.570. The minimum absolute atomic E-state index is 0.241. The number of nitrogens with one attached hydrogen (secondary N) is 1. The van der Waals surface area contributed by atoms with Crippen LogP contribution in [0, 0.1) is 5.92 Å². The Balaban J connectivity index is 2.35. The van der Waals surface area contributed by atoms with Crippen molar-refractivity contribution in [3.63, 3.8) is 0 Å². The SMILES string of the molecule is CC(C)NCC(=O)N(CC1CC1)C(C)C.